The molecule has 294 valence electrons. The minimum Gasteiger partial charge on any atom is -0.463 e. The number of esters is 1. The number of likely N-dealkylation sites (N-methyl/N-ethyl adjacent to an activating group) is 1. The SMILES string of the molecule is CCCCCCCCCCCCCCCCCCCCCCCCCCCCCCCC(=O)OCC(O)COP(=O)(O)OCC[N+](C)(C)C. The molecule has 2 atom stereocenters. The summed E-state index contributed by atoms with van der Waals surface area (Å²) in [5, 5.41) is 9.90. The molecular formula is C40H83NO7P+. The van der Waals surface area contributed by atoms with Gasteiger partial charge in [-0.25, -0.2) is 4.57 Å². The Morgan fingerprint density at radius 3 is 1.20 bits per heavy atom. The predicted octanol–water partition coefficient (Wildman–Crippen LogP) is 11.5. The zero-order valence-corrected chi connectivity index (χ0v) is 33.8. The monoisotopic (exact) mass is 721 g/mol. The van der Waals surface area contributed by atoms with Crippen LogP contribution in [-0.4, -0.2) is 74.1 Å². The topological polar surface area (TPSA) is 102 Å². The lowest BCUT2D eigenvalue weighted by molar-refractivity contribution is -0.870. The number of hydrogen-bond acceptors (Lipinski definition) is 6. The van der Waals surface area contributed by atoms with E-state index in [1.54, 1.807) is 0 Å². The Morgan fingerprint density at radius 1 is 0.551 bits per heavy atom. The Labute approximate surface area is 304 Å². The minimum atomic E-state index is -4.25. The zero-order valence-electron chi connectivity index (χ0n) is 32.9. The van der Waals surface area contributed by atoms with E-state index in [0.29, 0.717) is 17.4 Å². The van der Waals surface area contributed by atoms with Gasteiger partial charge in [0.05, 0.1) is 27.7 Å². The van der Waals surface area contributed by atoms with Crippen LogP contribution in [0, 0.1) is 0 Å². The molecule has 0 bridgehead atoms. The molecule has 0 saturated heterocycles. The standard InChI is InChI=1S/C40H82NO7P/c1-5-6-7-8-9-10-11-12-13-14-15-16-17-18-19-20-21-22-23-24-25-26-27-28-29-30-31-32-33-34-40(43)46-37-39(42)38-48-49(44,45)47-36-35-41(2,3)4/h39,42H,5-38H2,1-4H3/p+1. The first kappa shape index (κ1) is 48.5. The molecule has 9 heteroatoms. The largest absolute Gasteiger partial charge is 0.472 e. The first-order valence-electron chi connectivity index (χ1n) is 20.8. The van der Waals surface area contributed by atoms with Crippen LogP contribution in [0.1, 0.15) is 200 Å². The average molecular weight is 721 g/mol. The molecule has 49 heavy (non-hydrogen) atoms. The second kappa shape index (κ2) is 34.6. The molecule has 0 aromatic carbocycles. The third-order valence-corrected chi connectivity index (χ3v) is 10.4. The highest BCUT2D eigenvalue weighted by Gasteiger charge is 2.24. The summed E-state index contributed by atoms with van der Waals surface area (Å²) in [5.74, 6) is -0.365. The van der Waals surface area contributed by atoms with Crippen LogP contribution in [0.15, 0.2) is 0 Å². The highest BCUT2D eigenvalue weighted by Crippen LogP contribution is 2.43. The molecular weight excluding hydrogens is 637 g/mol. The first-order chi connectivity index (χ1) is 23.6. The Kier molecular flexibility index (Phi) is 34.2. The maximum Gasteiger partial charge on any atom is 0.472 e. The molecule has 0 rings (SSSR count). The molecule has 8 nitrogen and oxygen atoms in total. The van der Waals surface area contributed by atoms with Crippen molar-refractivity contribution >= 4 is 13.8 Å². The third-order valence-electron chi connectivity index (χ3n) is 9.37. The fourth-order valence-corrected chi connectivity index (χ4v) is 6.82. The van der Waals surface area contributed by atoms with Crippen LogP contribution in [0.4, 0.5) is 0 Å². The van der Waals surface area contributed by atoms with Crippen LogP contribution in [0.3, 0.4) is 0 Å². The van der Waals surface area contributed by atoms with Gasteiger partial charge >= 0.3 is 13.8 Å². The van der Waals surface area contributed by atoms with Crippen molar-refractivity contribution < 1.29 is 37.6 Å². The number of carbonyl (C=O) groups excluding carboxylic acids is 1. The Bertz CT molecular complexity index is 761. The number of nitrogens with zero attached hydrogens (tertiary/aromatic N) is 1. The number of unbranched alkanes of at least 4 members (excludes halogenated alkanes) is 28. The average Bonchev–Trinajstić information content (AvgIpc) is 3.05. The van der Waals surface area contributed by atoms with Gasteiger partial charge in [0.25, 0.3) is 0 Å². The number of aliphatic hydroxyl groups excluding tert-OH is 1. The molecule has 2 unspecified atom stereocenters. The minimum absolute atomic E-state index is 0.0576. The van der Waals surface area contributed by atoms with E-state index >= 15 is 0 Å². The van der Waals surface area contributed by atoms with Crippen LogP contribution in [0.25, 0.3) is 0 Å². The Balaban J connectivity index is 3.32. The molecule has 0 aliphatic heterocycles. The van der Waals surface area contributed by atoms with Crippen molar-refractivity contribution in [2.75, 3.05) is 47.5 Å². The molecule has 0 amide bonds. The van der Waals surface area contributed by atoms with Gasteiger partial charge in [-0.15, -0.1) is 0 Å². The van der Waals surface area contributed by atoms with Crippen LogP contribution in [0.2, 0.25) is 0 Å². The molecule has 0 fully saturated rings. The highest BCUT2D eigenvalue weighted by atomic mass is 31.2. The highest BCUT2D eigenvalue weighted by molar-refractivity contribution is 7.47. The fourth-order valence-electron chi connectivity index (χ4n) is 6.07. The van der Waals surface area contributed by atoms with Crippen LogP contribution >= 0.6 is 7.82 Å². The number of quaternary nitrogens is 1. The molecule has 2 N–H and O–H groups in total. The number of hydrogen-bond donors (Lipinski definition) is 2. The summed E-state index contributed by atoms with van der Waals surface area (Å²) in [4.78, 5) is 21.6. The van der Waals surface area contributed by atoms with E-state index in [0.717, 1.165) is 19.3 Å². The van der Waals surface area contributed by atoms with E-state index in [1.165, 1.54) is 167 Å². The number of carbonyl (C=O) groups is 1. The van der Waals surface area contributed by atoms with E-state index in [9.17, 15) is 19.4 Å². The molecule has 0 saturated carbocycles. The summed E-state index contributed by atoms with van der Waals surface area (Å²) in [6.45, 7) is 2.18. The lowest BCUT2D eigenvalue weighted by atomic mass is 10.0. The molecule has 0 aromatic heterocycles. The molecule has 0 radical (unpaired) electrons. The van der Waals surface area contributed by atoms with Gasteiger partial charge in [0.1, 0.15) is 25.9 Å². The molecule has 0 heterocycles. The van der Waals surface area contributed by atoms with Gasteiger partial charge in [0.2, 0.25) is 0 Å². The van der Waals surface area contributed by atoms with Crippen molar-refractivity contribution in [3.8, 4) is 0 Å². The van der Waals surface area contributed by atoms with Crippen molar-refractivity contribution in [1.82, 2.24) is 0 Å². The van der Waals surface area contributed by atoms with Crippen LogP contribution < -0.4 is 0 Å². The number of phosphoric acid groups is 1. The fraction of sp³-hybridized carbons (Fsp3) is 0.975. The van der Waals surface area contributed by atoms with E-state index in [1.807, 2.05) is 21.1 Å². The van der Waals surface area contributed by atoms with Crippen molar-refractivity contribution in [2.24, 2.45) is 0 Å². The van der Waals surface area contributed by atoms with E-state index < -0.39 is 20.5 Å². The number of rotatable bonds is 39. The Hall–Kier alpha value is -0.500. The molecule has 0 spiro atoms. The molecule has 0 aromatic rings. The molecule has 0 aliphatic carbocycles. The summed E-state index contributed by atoms with van der Waals surface area (Å²) >= 11 is 0. The van der Waals surface area contributed by atoms with Gasteiger partial charge < -0.3 is 19.2 Å². The van der Waals surface area contributed by atoms with Gasteiger partial charge in [-0.2, -0.15) is 0 Å². The molecule has 0 aliphatic rings. The van der Waals surface area contributed by atoms with E-state index in [4.69, 9.17) is 13.8 Å². The maximum atomic E-state index is 11.9. The summed E-state index contributed by atoms with van der Waals surface area (Å²) < 4.78 is 27.2. The van der Waals surface area contributed by atoms with Gasteiger partial charge in [-0.1, -0.05) is 187 Å². The van der Waals surface area contributed by atoms with Crippen molar-refractivity contribution in [1.29, 1.82) is 0 Å². The van der Waals surface area contributed by atoms with Gasteiger partial charge in [0, 0.05) is 6.42 Å². The summed E-state index contributed by atoms with van der Waals surface area (Å²) in [7, 11) is 1.57. The normalized spacial score (nSPS) is 13.8. The summed E-state index contributed by atoms with van der Waals surface area (Å²) in [6.07, 6.45) is 38.7. The lowest BCUT2D eigenvalue weighted by Crippen LogP contribution is -2.37. The van der Waals surface area contributed by atoms with Crippen LogP contribution in [0.5, 0.6) is 0 Å². The number of ether oxygens (including phenoxy) is 1. The predicted molar refractivity (Wildman–Crippen MR) is 206 cm³/mol. The zero-order chi connectivity index (χ0) is 36.3. The van der Waals surface area contributed by atoms with Gasteiger partial charge in [0.15, 0.2) is 0 Å². The first-order valence-corrected chi connectivity index (χ1v) is 22.3. The van der Waals surface area contributed by atoms with Gasteiger partial charge in [-0.05, 0) is 6.42 Å². The van der Waals surface area contributed by atoms with Crippen molar-refractivity contribution in [2.45, 2.75) is 206 Å². The number of aliphatic hydroxyl groups is 1. The lowest BCUT2D eigenvalue weighted by Gasteiger charge is -2.24. The maximum absolute atomic E-state index is 11.9. The smallest absolute Gasteiger partial charge is 0.463 e. The summed E-state index contributed by atoms with van der Waals surface area (Å²) in [6, 6.07) is 0. The van der Waals surface area contributed by atoms with E-state index in [-0.39, 0.29) is 19.2 Å². The number of phosphoric ester groups is 1. The van der Waals surface area contributed by atoms with Crippen molar-refractivity contribution in [3.05, 3.63) is 0 Å². The Morgan fingerprint density at radius 2 is 0.878 bits per heavy atom. The summed E-state index contributed by atoms with van der Waals surface area (Å²) in [5.41, 5.74) is 0. The van der Waals surface area contributed by atoms with E-state index in [2.05, 4.69) is 6.92 Å². The third kappa shape index (κ3) is 40.1. The van der Waals surface area contributed by atoms with Crippen molar-refractivity contribution in [3.63, 3.8) is 0 Å². The van der Waals surface area contributed by atoms with Gasteiger partial charge in [-0.3, -0.25) is 13.8 Å². The quantitative estimate of drug-likeness (QED) is 0.0282. The van der Waals surface area contributed by atoms with Crippen LogP contribution in [-0.2, 0) is 23.1 Å². The second-order valence-electron chi connectivity index (χ2n) is 15.6. The second-order valence-corrected chi connectivity index (χ2v) is 17.1.